The maximum atomic E-state index is 11.6. The van der Waals surface area contributed by atoms with E-state index < -0.39 is 0 Å². The molecule has 0 aromatic carbocycles. The second-order valence-electron chi connectivity index (χ2n) is 5.75. The number of hydrogen-bond acceptors (Lipinski definition) is 6. The van der Waals surface area contributed by atoms with Crippen LogP contribution in [0.5, 0.6) is 0 Å². The van der Waals surface area contributed by atoms with Crippen molar-refractivity contribution in [3.8, 4) is 0 Å². The first-order valence-electron chi connectivity index (χ1n) is 8.60. The molecule has 6 nitrogen and oxygen atoms in total. The van der Waals surface area contributed by atoms with Crippen LogP contribution in [0.1, 0.15) is 56.5 Å². The number of hydrogen-bond donors (Lipinski definition) is 0. The van der Waals surface area contributed by atoms with Gasteiger partial charge in [0, 0.05) is 12.8 Å². The lowest BCUT2D eigenvalue weighted by Gasteiger charge is -2.04. The van der Waals surface area contributed by atoms with E-state index in [9.17, 15) is 9.59 Å². The largest absolute Gasteiger partial charge is 0.466 e. The Morgan fingerprint density at radius 1 is 0.720 bits per heavy atom. The second-order valence-corrected chi connectivity index (χ2v) is 5.75. The minimum Gasteiger partial charge on any atom is -0.466 e. The fourth-order valence-corrected chi connectivity index (χ4v) is 2.31. The molecule has 6 heteroatoms. The molecule has 0 radical (unpaired) electrons. The summed E-state index contributed by atoms with van der Waals surface area (Å²) >= 11 is 0. The molecule has 2 heterocycles. The maximum absolute atomic E-state index is 11.6. The third-order valence-electron chi connectivity index (χ3n) is 3.67. The molecule has 2 aromatic rings. The van der Waals surface area contributed by atoms with E-state index in [1.807, 2.05) is 0 Å². The van der Waals surface area contributed by atoms with E-state index in [2.05, 4.69) is 0 Å². The van der Waals surface area contributed by atoms with E-state index in [4.69, 9.17) is 18.3 Å². The summed E-state index contributed by atoms with van der Waals surface area (Å²) in [6.07, 6.45) is 8.37. The van der Waals surface area contributed by atoms with Gasteiger partial charge >= 0.3 is 11.9 Å². The molecule has 0 amide bonds. The topological polar surface area (TPSA) is 78.9 Å². The minimum absolute atomic E-state index is 0.186. The van der Waals surface area contributed by atoms with Crippen molar-refractivity contribution in [2.45, 2.75) is 58.2 Å². The monoisotopic (exact) mass is 348 g/mol. The van der Waals surface area contributed by atoms with Gasteiger partial charge in [-0.3, -0.25) is 9.59 Å². The smallest absolute Gasteiger partial charge is 0.306 e. The van der Waals surface area contributed by atoms with E-state index in [1.54, 1.807) is 36.8 Å². The zero-order chi connectivity index (χ0) is 17.7. The predicted octanol–water partition coefficient (Wildman–Crippen LogP) is 4.39. The van der Waals surface area contributed by atoms with Crippen molar-refractivity contribution < 1.29 is 27.9 Å². The first-order chi connectivity index (χ1) is 12.2. The standard InChI is InChI=1S/C19H24O6/c20-18(24-14-16-8-6-12-22-16)10-4-2-1-3-5-11-19(21)25-15-17-9-7-13-23-17/h6-9,12-13H,1-5,10-11,14-15H2. The molecule has 0 saturated heterocycles. The first-order valence-corrected chi connectivity index (χ1v) is 8.60. The molecule has 2 aromatic heterocycles. The lowest BCUT2D eigenvalue weighted by Crippen LogP contribution is -2.04. The van der Waals surface area contributed by atoms with Crippen molar-refractivity contribution in [3.63, 3.8) is 0 Å². The second kappa shape index (κ2) is 11.1. The van der Waals surface area contributed by atoms with Gasteiger partial charge in [0.2, 0.25) is 0 Å². The van der Waals surface area contributed by atoms with Gasteiger partial charge in [0.1, 0.15) is 24.7 Å². The average molecular weight is 348 g/mol. The maximum Gasteiger partial charge on any atom is 0.306 e. The summed E-state index contributed by atoms with van der Waals surface area (Å²) in [4.78, 5) is 23.1. The number of carbonyl (C=O) groups is 2. The molecule has 0 N–H and O–H groups in total. The molecular formula is C19H24O6. The van der Waals surface area contributed by atoms with E-state index >= 15 is 0 Å². The van der Waals surface area contributed by atoms with Crippen molar-refractivity contribution in [2.75, 3.05) is 0 Å². The summed E-state index contributed by atoms with van der Waals surface area (Å²) in [7, 11) is 0. The lowest BCUT2D eigenvalue weighted by molar-refractivity contribution is -0.146. The molecule has 25 heavy (non-hydrogen) atoms. The predicted molar refractivity (Wildman–Crippen MR) is 89.3 cm³/mol. The average Bonchev–Trinajstić information content (AvgIpc) is 3.30. The third-order valence-corrected chi connectivity index (χ3v) is 3.67. The highest BCUT2D eigenvalue weighted by Gasteiger charge is 2.06. The van der Waals surface area contributed by atoms with Gasteiger partial charge in [-0.2, -0.15) is 0 Å². The summed E-state index contributed by atoms with van der Waals surface area (Å²) in [5.41, 5.74) is 0. The Hall–Kier alpha value is -2.50. The Bertz CT molecular complexity index is 546. The Kier molecular flexibility index (Phi) is 8.38. The van der Waals surface area contributed by atoms with Crippen LogP contribution in [0.15, 0.2) is 45.6 Å². The number of esters is 2. The highest BCUT2D eigenvalue weighted by molar-refractivity contribution is 5.69. The van der Waals surface area contributed by atoms with Crippen molar-refractivity contribution in [1.82, 2.24) is 0 Å². The zero-order valence-corrected chi connectivity index (χ0v) is 14.3. The Balaban J connectivity index is 1.39. The van der Waals surface area contributed by atoms with Crippen molar-refractivity contribution in [1.29, 1.82) is 0 Å². The fraction of sp³-hybridized carbons (Fsp3) is 0.474. The van der Waals surface area contributed by atoms with Gasteiger partial charge in [-0.1, -0.05) is 19.3 Å². The van der Waals surface area contributed by atoms with Crippen molar-refractivity contribution in [2.24, 2.45) is 0 Å². The van der Waals surface area contributed by atoms with Crippen LogP contribution in [-0.4, -0.2) is 11.9 Å². The van der Waals surface area contributed by atoms with Crippen LogP contribution in [0.3, 0.4) is 0 Å². The molecule has 0 spiro atoms. The van der Waals surface area contributed by atoms with Gasteiger partial charge in [0.25, 0.3) is 0 Å². The van der Waals surface area contributed by atoms with Crippen LogP contribution in [-0.2, 0) is 32.3 Å². The van der Waals surface area contributed by atoms with Gasteiger partial charge in [0.05, 0.1) is 12.5 Å². The summed E-state index contributed by atoms with van der Waals surface area (Å²) in [5.74, 6) is 0.871. The quantitative estimate of drug-likeness (QED) is 0.418. The fourth-order valence-electron chi connectivity index (χ4n) is 2.31. The van der Waals surface area contributed by atoms with E-state index in [-0.39, 0.29) is 25.2 Å². The van der Waals surface area contributed by atoms with E-state index in [0.29, 0.717) is 24.4 Å². The van der Waals surface area contributed by atoms with Crippen molar-refractivity contribution >= 4 is 11.9 Å². The summed E-state index contributed by atoms with van der Waals surface area (Å²) < 4.78 is 20.4. The van der Waals surface area contributed by atoms with Gasteiger partial charge in [-0.15, -0.1) is 0 Å². The molecule has 0 aliphatic carbocycles. The number of rotatable bonds is 12. The Labute approximate surface area is 147 Å². The van der Waals surface area contributed by atoms with Crippen LogP contribution >= 0.6 is 0 Å². The molecule has 2 rings (SSSR count). The molecule has 0 aliphatic heterocycles. The summed E-state index contributed by atoms with van der Waals surface area (Å²) in [5, 5.41) is 0. The third kappa shape index (κ3) is 8.24. The van der Waals surface area contributed by atoms with Gasteiger partial charge in [0.15, 0.2) is 0 Å². The van der Waals surface area contributed by atoms with E-state index in [0.717, 1.165) is 32.1 Å². The first kappa shape index (κ1) is 18.8. The molecule has 0 atom stereocenters. The van der Waals surface area contributed by atoms with Crippen LogP contribution in [0, 0.1) is 0 Å². The van der Waals surface area contributed by atoms with Crippen LogP contribution in [0.4, 0.5) is 0 Å². The zero-order valence-electron chi connectivity index (χ0n) is 14.3. The van der Waals surface area contributed by atoms with Gasteiger partial charge in [-0.05, 0) is 37.1 Å². The number of carbonyl (C=O) groups excluding carboxylic acids is 2. The van der Waals surface area contributed by atoms with Crippen LogP contribution < -0.4 is 0 Å². The van der Waals surface area contributed by atoms with Gasteiger partial charge < -0.3 is 18.3 Å². The normalized spacial score (nSPS) is 10.6. The Morgan fingerprint density at radius 2 is 1.16 bits per heavy atom. The number of furan rings is 2. The highest BCUT2D eigenvalue weighted by Crippen LogP contribution is 2.10. The molecule has 0 saturated carbocycles. The molecule has 0 unspecified atom stereocenters. The number of unbranched alkanes of at least 4 members (excludes halogenated alkanes) is 4. The van der Waals surface area contributed by atoms with Crippen LogP contribution in [0.25, 0.3) is 0 Å². The Morgan fingerprint density at radius 3 is 1.56 bits per heavy atom. The molecule has 0 bridgehead atoms. The van der Waals surface area contributed by atoms with Gasteiger partial charge in [-0.25, -0.2) is 0 Å². The highest BCUT2D eigenvalue weighted by atomic mass is 16.5. The SMILES string of the molecule is O=C(CCCCCCCC(=O)OCc1ccco1)OCc1ccco1. The van der Waals surface area contributed by atoms with Crippen molar-refractivity contribution in [3.05, 3.63) is 48.3 Å². The number of ether oxygens (including phenoxy) is 2. The summed E-state index contributed by atoms with van der Waals surface area (Å²) in [6, 6.07) is 7.06. The molecule has 0 fully saturated rings. The molecule has 0 aliphatic rings. The summed E-state index contributed by atoms with van der Waals surface area (Å²) in [6.45, 7) is 0.373. The van der Waals surface area contributed by atoms with E-state index in [1.165, 1.54) is 0 Å². The van der Waals surface area contributed by atoms with Crippen LogP contribution in [0.2, 0.25) is 0 Å². The minimum atomic E-state index is -0.210. The molecule has 136 valence electrons. The molecular weight excluding hydrogens is 324 g/mol. The lowest BCUT2D eigenvalue weighted by atomic mass is 10.1.